The van der Waals surface area contributed by atoms with E-state index in [1.54, 1.807) is 24.1 Å². The number of carbonyl (C=O) groups excluding carboxylic acids is 2. The summed E-state index contributed by atoms with van der Waals surface area (Å²) in [5, 5.41) is 9.99. The van der Waals surface area contributed by atoms with Gasteiger partial charge in [0, 0.05) is 25.1 Å². The minimum atomic E-state index is -0.483. The predicted octanol–water partition coefficient (Wildman–Crippen LogP) is 5.15. The summed E-state index contributed by atoms with van der Waals surface area (Å²) in [7, 11) is 1.68. The Morgan fingerprint density at radius 3 is 2.37 bits per heavy atom. The van der Waals surface area contributed by atoms with E-state index in [0.717, 1.165) is 22.3 Å². The third-order valence-corrected chi connectivity index (χ3v) is 7.09. The first-order valence-electron chi connectivity index (χ1n) is 13.0. The summed E-state index contributed by atoms with van der Waals surface area (Å²) in [6.07, 6.45) is -0.871. The summed E-state index contributed by atoms with van der Waals surface area (Å²) < 4.78 is 12.0. The molecule has 0 saturated heterocycles. The first-order valence-corrected chi connectivity index (χ1v) is 13.0. The van der Waals surface area contributed by atoms with Crippen LogP contribution in [0.15, 0.2) is 72.8 Å². The summed E-state index contributed by atoms with van der Waals surface area (Å²) in [5.74, 6) is 0.195. The van der Waals surface area contributed by atoms with E-state index in [2.05, 4.69) is 0 Å². The Morgan fingerprint density at radius 2 is 1.68 bits per heavy atom. The van der Waals surface area contributed by atoms with Crippen molar-refractivity contribution < 1.29 is 24.2 Å². The van der Waals surface area contributed by atoms with E-state index in [-0.39, 0.29) is 37.1 Å². The fourth-order valence-corrected chi connectivity index (χ4v) is 4.68. The van der Waals surface area contributed by atoms with Crippen molar-refractivity contribution >= 4 is 12.0 Å². The van der Waals surface area contributed by atoms with Crippen molar-refractivity contribution in [3.05, 3.63) is 89.5 Å². The molecule has 0 aliphatic carbocycles. The molecule has 0 unspecified atom stereocenters. The van der Waals surface area contributed by atoms with Gasteiger partial charge < -0.3 is 24.4 Å². The van der Waals surface area contributed by atoms with Gasteiger partial charge in [0.25, 0.3) is 5.91 Å². The van der Waals surface area contributed by atoms with Gasteiger partial charge in [0.15, 0.2) is 0 Å². The van der Waals surface area contributed by atoms with Crippen molar-refractivity contribution in [2.75, 3.05) is 26.7 Å². The zero-order valence-electron chi connectivity index (χ0n) is 22.5. The highest BCUT2D eigenvalue weighted by atomic mass is 16.6. The molecule has 4 rings (SSSR count). The van der Waals surface area contributed by atoms with Crippen LogP contribution in [0.3, 0.4) is 0 Å². The summed E-state index contributed by atoms with van der Waals surface area (Å²) >= 11 is 0. The van der Waals surface area contributed by atoms with Gasteiger partial charge in [-0.3, -0.25) is 4.79 Å². The van der Waals surface area contributed by atoms with Crippen molar-refractivity contribution in [1.29, 1.82) is 0 Å². The number of rotatable bonds is 5. The van der Waals surface area contributed by atoms with Crippen LogP contribution in [-0.4, -0.2) is 65.8 Å². The van der Waals surface area contributed by atoms with Crippen LogP contribution >= 0.6 is 0 Å². The lowest BCUT2D eigenvalue weighted by Gasteiger charge is -2.35. The van der Waals surface area contributed by atoms with Crippen LogP contribution < -0.4 is 4.74 Å². The fraction of sp³-hybridized carbons (Fsp3) is 0.355. The average Bonchev–Trinajstić information content (AvgIpc) is 2.95. The largest absolute Gasteiger partial charge is 0.415 e. The summed E-state index contributed by atoms with van der Waals surface area (Å²) in [6.45, 7) is 6.61. The number of amides is 2. The quantitative estimate of drug-likeness (QED) is 0.507. The van der Waals surface area contributed by atoms with Gasteiger partial charge in [-0.2, -0.15) is 0 Å². The van der Waals surface area contributed by atoms with Gasteiger partial charge >= 0.3 is 6.09 Å². The topological polar surface area (TPSA) is 79.3 Å². The van der Waals surface area contributed by atoms with E-state index in [1.807, 2.05) is 81.4 Å². The number of benzene rings is 3. The Hall–Kier alpha value is -3.68. The Bertz CT molecular complexity index is 1260. The van der Waals surface area contributed by atoms with E-state index in [4.69, 9.17) is 9.47 Å². The molecular weight excluding hydrogens is 480 g/mol. The van der Waals surface area contributed by atoms with Crippen molar-refractivity contribution in [2.24, 2.45) is 5.92 Å². The van der Waals surface area contributed by atoms with E-state index >= 15 is 0 Å². The molecule has 1 aliphatic rings. The monoisotopic (exact) mass is 516 g/mol. The van der Waals surface area contributed by atoms with Crippen molar-refractivity contribution in [2.45, 2.75) is 39.5 Å². The molecule has 38 heavy (non-hydrogen) atoms. The highest BCUT2D eigenvalue weighted by molar-refractivity contribution is 6.01. The lowest BCUT2D eigenvalue weighted by atomic mass is 9.94. The van der Waals surface area contributed by atoms with Gasteiger partial charge in [-0.15, -0.1) is 0 Å². The normalized spacial score (nSPS) is 18.6. The van der Waals surface area contributed by atoms with Crippen LogP contribution in [0.25, 0.3) is 11.1 Å². The second kappa shape index (κ2) is 12.2. The summed E-state index contributed by atoms with van der Waals surface area (Å²) in [5.41, 5.74) is 4.38. The number of aliphatic hydroxyl groups is 1. The molecule has 0 spiro atoms. The maximum Gasteiger partial charge on any atom is 0.415 e. The number of carbonyl (C=O) groups is 2. The number of nitrogens with zero attached hydrogens (tertiary/aromatic N) is 2. The maximum absolute atomic E-state index is 13.9. The van der Waals surface area contributed by atoms with Crippen molar-refractivity contribution in [1.82, 2.24) is 9.80 Å². The zero-order chi connectivity index (χ0) is 27.2. The summed E-state index contributed by atoms with van der Waals surface area (Å²) in [4.78, 5) is 30.0. The molecule has 1 aliphatic heterocycles. The first-order chi connectivity index (χ1) is 18.3. The van der Waals surface area contributed by atoms with Crippen LogP contribution in [0.2, 0.25) is 0 Å². The number of ether oxygens (including phenoxy) is 2. The Kier molecular flexibility index (Phi) is 8.81. The van der Waals surface area contributed by atoms with Gasteiger partial charge in [0.1, 0.15) is 5.75 Å². The third kappa shape index (κ3) is 6.23. The lowest BCUT2D eigenvalue weighted by Crippen LogP contribution is -2.47. The molecule has 3 atom stereocenters. The SMILES string of the molecule is Cc1ccc(OC(=O)N(C)C[C@@H]2OCc3ccccc3-c3ccccc3C(=O)N([C@H](C)CO)C[C@H]2C)cc1. The van der Waals surface area contributed by atoms with Crippen LogP contribution in [0.4, 0.5) is 4.79 Å². The number of aryl methyl sites for hydroxylation is 1. The molecule has 200 valence electrons. The van der Waals surface area contributed by atoms with Gasteiger partial charge in [-0.05, 0) is 48.7 Å². The van der Waals surface area contributed by atoms with Crippen LogP contribution in [-0.2, 0) is 11.3 Å². The molecule has 0 saturated carbocycles. The van der Waals surface area contributed by atoms with Crippen molar-refractivity contribution in [3.8, 4) is 16.9 Å². The van der Waals surface area contributed by atoms with Crippen LogP contribution in [0.5, 0.6) is 5.75 Å². The third-order valence-electron chi connectivity index (χ3n) is 7.09. The van der Waals surface area contributed by atoms with Crippen LogP contribution in [0.1, 0.15) is 35.3 Å². The molecule has 1 heterocycles. The predicted molar refractivity (Wildman–Crippen MR) is 147 cm³/mol. The molecule has 0 bridgehead atoms. The molecule has 2 amide bonds. The standard InChI is InChI=1S/C31H36N2O5/c1-21-13-15-25(16-14-21)38-31(36)32(4)18-29-22(2)17-33(23(3)19-34)30(35)28-12-8-7-11-27(28)26-10-6-5-9-24(26)20-37-29/h5-16,22-23,29,34H,17-20H2,1-4H3/t22-,23-,29+/m1/s1. The van der Waals surface area contributed by atoms with Gasteiger partial charge in [0.2, 0.25) is 0 Å². The number of hydrogen-bond acceptors (Lipinski definition) is 5. The lowest BCUT2D eigenvalue weighted by molar-refractivity contribution is -0.0205. The molecule has 0 aromatic heterocycles. The highest BCUT2D eigenvalue weighted by Crippen LogP contribution is 2.31. The number of fused-ring (bicyclic) bond motifs is 3. The number of likely N-dealkylation sites (N-methyl/N-ethyl adjacent to an activating group) is 1. The summed E-state index contributed by atoms with van der Waals surface area (Å²) in [6, 6.07) is 22.4. The molecule has 7 heteroatoms. The molecule has 0 fully saturated rings. The molecule has 3 aromatic rings. The first kappa shape index (κ1) is 27.4. The van der Waals surface area contributed by atoms with Crippen LogP contribution in [0, 0.1) is 12.8 Å². The van der Waals surface area contributed by atoms with Gasteiger partial charge in [-0.1, -0.05) is 67.1 Å². The Balaban J connectivity index is 1.64. The minimum absolute atomic E-state index is 0.139. The number of hydrogen-bond donors (Lipinski definition) is 1. The van der Waals surface area contributed by atoms with Gasteiger partial charge in [-0.25, -0.2) is 4.79 Å². The van der Waals surface area contributed by atoms with E-state index in [9.17, 15) is 14.7 Å². The maximum atomic E-state index is 13.9. The Labute approximate surface area is 224 Å². The Morgan fingerprint density at radius 1 is 1.05 bits per heavy atom. The minimum Gasteiger partial charge on any atom is -0.410 e. The van der Waals surface area contributed by atoms with Crippen molar-refractivity contribution in [3.63, 3.8) is 0 Å². The highest BCUT2D eigenvalue weighted by Gasteiger charge is 2.31. The van der Waals surface area contributed by atoms with Gasteiger partial charge in [0.05, 0.1) is 31.9 Å². The molecule has 7 nitrogen and oxygen atoms in total. The smallest absolute Gasteiger partial charge is 0.410 e. The molecule has 0 radical (unpaired) electrons. The fourth-order valence-electron chi connectivity index (χ4n) is 4.68. The second-order valence-electron chi connectivity index (χ2n) is 10.1. The number of aliphatic hydroxyl groups excluding tert-OH is 1. The molecule has 1 N–H and O–H groups in total. The van der Waals surface area contributed by atoms with E-state index in [1.165, 1.54) is 4.90 Å². The molecular formula is C31H36N2O5. The second-order valence-corrected chi connectivity index (χ2v) is 10.1. The molecule has 3 aromatic carbocycles. The van der Waals surface area contributed by atoms with E-state index < -0.39 is 6.09 Å². The zero-order valence-corrected chi connectivity index (χ0v) is 22.5. The van der Waals surface area contributed by atoms with E-state index in [0.29, 0.717) is 24.5 Å². The average molecular weight is 517 g/mol.